The number of aryl methyl sites for hydroxylation is 1. The van der Waals surface area contributed by atoms with E-state index in [2.05, 4.69) is 6.92 Å². The lowest BCUT2D eigenvalue weighted by molar-refractivity contribution is -0.136. The highest BCUT2D eigenvalue weighted by atomic mass is 16.5. The number of hydrogen-bond acceptors (Lipinski definition) is 6. The van der Waals surface area contributed by atoms with Crippen molar-refractivity contribution >= 4 is 11.7 Å². The van der Waals surface area contributed by atoms with E-state index >= 15 is 0 Å². The molecule has 0 aromatic heterocycles. The molecule has 2 aliphatic heterocycles. The number of ketones is 1. The van der Waals surface area contributed by atoms with Gasteiger partial charge in [-0.3, -0.25) is 9.59 Å². The second kappa shape index (κ2) is 9.73. The molecule has 1 fully saturated rings. The number of Topliss-reactive ketones (excluding diaryl/α,β-unsaturated/α-hetero) is 1. The first-order valence-corrected chi connectivity index (χ1v) is 11.4. The number of carbonyl (C=O) groups is 2. The van der Waals surface area contributed by atoms with Crippen LogP contribution in [0.5, 0.6) is 23.0 Å². The standard InChI is InChI=1S/C26H31NO6/c1-4-5-18-6-8-19(9-7-18)32-17-24(29)27-12-10-26(11-13-27)16-21(28)25-22(31-3)14-20(30-2)15-23(25)33-26/h6-9,14-15H,4-5,10-13,16-17H2,1-3H3. The quantitative estimate of drug-likeness (QED) is 0.629. The van der Waals surface area contributed by atoms with Crippen LogP contribution < -0.4 is 18.9 Å². The predicted molar refractivity (Wildman–Crippen MR) is 124 cm³/mol. The second-order valence-corrected chi connectivity index (χ2v) is 8.65. The summed E-state index contributed by atoms with van der Waals surface area (Å²) in [5.41, 5.74) is 1.10. The number of ether oxygens (including phenoxy) is 4. The molecule has 1 saturated heterocycles. The van der Waals surface area contributed by atoms with Gasteiger partial charge in [-0.05, 0) is 24.1 Å². The molecule has 2 aromatic rings. The lowest BCUT2D eigenvalue weighted by atomic mass is 9.82. The van der Waals surface area contributed by atoms with E-state index < -0.39 is 5.60 Å². The highest BCUT2D eigenvalue weighted by Crippen LogP contribution is 2.44. The molecule has 2 aliphatic rings. The van der Waals surface area contributed by atoms with Crippen LogP contribution in [0.4, 0.5) is 0 Å². The number of nitrogens with zero attached hydrogens (tertiary/aromatic N) is 1. The topological polar surface area (TPSA) is 74.3 Å². The Kier molecular flexibility index (Phi) is 6.77. The maximum absolute atomic E-state index is 13.0. The van der Waals surface area contributed by atoms with E-state index in [1.54, 1.807) is 24.1 Å². The average Bonchev–Trinajstić information content (AvgIpc) is 2.83. The number of benzene rings is 2. The van der Waals surface area contributed by atoms with Crippen molar-refractivity contribution in [1.29, 1.82) is 0 Å². The summed E-state index contributed by atoms with van der Waals surface area (Å²) in [4.78, 5) is 27.5. The Morgan fingerprint density at radius 1 is 1.06 bits per heavy atom. The molecule has 2 heterocycles. The second-order valence-electron chi connectivity index (χ2n) is 8.65. The van der Waals surface area contributed by atoms with Crippen molar-refractivity contribution in [2.45, 2.75) is 44.6 Å². The molecule has 0 saturated carbocycles. The third-order valence-corrected chi connectivity index (χ3v) is 6.43. The van der Waals surface area contributed by atoms with Crippen LogP contribution in [0.2, 0.25) is 0 Å². The fraction of sp³-hybridized carbons (Fsp3) is 0.462. The third-order valence-electron chi connectivity index (χ3n) is 6.43. The number of methoxy groups -OCH3 is 2. The van der Waals surface area contributed by atoms with Crippen molar-refractivity contribution in [3.63, 3.8) is 0 Å². The van der Waals surface area contributed by atoms with Gasteiger partial charge in [0.15, 0.2) is 12.4 Å². The zero-order valence-corrected chi connectivity index (χ0v) is 19.5. The first kappa shape index (κ1) is 23.0. The van der Waals surface area contributed by atoms with E-state index in [9.17, 15) is 9.59 Å². The summed E-state index contributed by atoms with van der Waals surface area (Å²) in [5.74, 6) is 2.13. The minimum Gasteiger partial charge on any atom is -0.496 e. The summed E-state index contributed by atoms with van der Waals surface area (Å²) >= 11 is 0. The molecule has 1 spiro atoms. The normalized spacial score (nSPS) is 16.7. The van der Waals surface area contributed by atoms with Crippen molar-refractivity contribution in [2.75, 3.05) is 33.9 Å². The van der Waals surface area contributed by atoms with E-state index in [0.29, 0.717) is 54.5 Å². The SMILES string of the molecule is CCCc1ccc(OCC(=O)N2CCC3(CC2)CC(=O)c2c(OC)cc(OC)cc2O3)cc1. The summed E-state index contributed by atoms with van der Waals surface area (Å²) in [6.45, 7) is 3.17. The molecule has 4 rings (SSSR count). The number of piperidine rings is 1. The van der Waals surface area contributed by atoms with Gasteiger partial charge in [0, 0.05) is 38.1 Å². The number of rotatable bonds is 7. The van der Waals surface area contributed by atoms with Gasteiger partial charge in [0.25, 0.3) is 5.91 Å². The molecule has 0 aliphatic carbocycles. The molecule has 0 unspecified atom stereocenters. The molecule has 7 heteroatoms. The van der Waals surface area contributed by atoms with Gasteiger partial charge in [0.1, 0.15) is 34.2 Å². The molecular weight excluding hydrogens is 422 g/mol. The monoisotopic (exact) mass is 453 g/mol. The first-order valence-electron chi connectivity index (χ1n) is 11.4. The maximum atomic E-state index is 13.0. The molecule has 33 heavy (non-hydrogen) atoms. The van der Waals surface area contributed by atoms with Crippen LogP contribution in [0.25, 0.3) is 0 Å². The van der Waals surface area contributed by atoms with E-state index in [1.165, 1.54) is 12.7 Å². The molecule has 7 nitrogen and oxygen atoms in total. The minimum absolute atomic E-state index is 0.00283. The van der Waals surface area contributed by atoms with E-state index in [1.807, 2.05) is 24.3 Å². The first-order chi connectivity index (χ1) is 16.0. The maximum Gasteiger partial charge on any atom is 0.260 e. The fourth-order valence-corrected chi connectivity index (χ4v) is 4.57. The summed E-state index contributed by atoms with van der Waals surface area (Å²) in [7, 11) is 3.09. The number of hydrogen-bond donors (Lipinski definition) is 0. The summed E-state index contributed by atoms with van der Waals surface area (Å²) in [6.07, 6.45) is 3.55. The van der Waals surface area contributed by atoms with Crippen LogP contribution in [-0.2, 0) is 11.2 Å². The molecule has 2 aromatic carbocycles. The van der Waals surface area contributed by atoms with Gasteiger partial charge < -0.3 is 23.8 Å². The van der Waals surface area contributed by atoms with E-state index in [-0.39, 0.29) is 24.7 Å². The van der Waals surface area contributed by atoms with Crippen LogP contribution in [0, 0.1) is 0 Å². The Morgan fingerprint density at radius 3 is 2.42 bits per heavy atom. The smallest absolute Gasteiger partial charge is 0.260 e. The van der Waals surface area contributed by atoms with Gasteiger partial charge in [-0.25, -0.2) is 0 Å². The van der Waals surface area contributed by atoms with Crippen LogP contribution in [0.1, 0.15) is 48.5 Å². The summed E-state index contributed by atoms with van der Waals surface area (Å²) in [6, 6.07) is 11.3. The molecule has 0 N–H and O–H groups in total. The van der Waals surface area contributed by atoms with Crippen molar-refractivity contribution < 1.29 is 28.5 Å². The zero-order chi connectivity index (χ0) is 23.4. The largest absolute Gasteiger partial charge is 0.496 e. The number of carbonyl (C=O) groups excluding carboxylic acids is 2. The Hall–Kier alpha value is -3.22. The van der Waals surface area contributed by atoms with Crippen molar-refractivity contribution in [3.05, 3.63) is 47.5 Å². The average molecular weight is 454 g/mol. The van der Waals surface area contributed by atoms with Gasteiger partial charge in [-0.1, -0.05) is 25.5 Å². The van der Waals surface area contributed by atoms with Gasteiger partial charge in [0.05, 0.1) is 20.6 Å². The lowest BCUT2D eigenvalue weighted by Gasteiger charge is -2.44. The van der Waals surface area contributed by atoms with Gasteiger partial charge in [0.2, 0.25) is 0 Å². The molecule has 0 radical (unpaired) electrons. The van der Waals surface area contributed by atoms with E-state index in [4.69, 9.17) is 18.9 Å². The number of amides is 1. The van der Waals surface area contributed by atoms with Crippen molar-refractivity contribution in [2.24, 2.45) is 0 Å². The summed E-state index contributed by atoms with van der Waals surface area (Å²) in [5, 5.41) is 0. The van der Waals surface area contributed by atoms with Crippen molar-refractivity contribution in [1.82, 2.24) is 4.90 Å². The molecule has 0 atom stereocenters. The Labute approximate surface area is 194 Å². The minimum atomic E-state index is -0.617. The molecular formula is C26H31NO6. The van der Waals surface area contributed by atoms with Crippen LogP contribution in [0.15, 0.2) is 36.4 Å². The van der Waals surface area contributed by atoms with Crippen LogP contribution in [-0.4, -0.2) is 56.1 Å². The fourth-order valence-electron chi connectivity index (χ4n) is 4.57. The molecule has 0 bridgehead atoms. The predicted octanol–water partition coefficient (Wildman–Crippen LogP) is 4.06. The molecule has 176 valence electrons. The number of fused-ring (bicyclic) bond motifs is 1. The van der Waals surface area contributed by atoms with Crippen molar-refractivity contribution in [3.8, 4) is 23.0 Å². The Morgan fingerprint density at radius 2 is 1.79 bits per heavy atom. The van der Waals surface area contributed by atoms with Crippen LogP contribution >= 0.6 is 0 Å². The Bertz CT molecular complexity index is 1010. The summed E-state index contributed by atoms with van der Waals surface area (Å²) < 4.78 is 22.8. The van der Waals surface area contributed by atoms with Gasteiger partial charge in [-0.15, -0.1) is 0 Å². The number of likely N-dealkylation sites (tertiary alicyclic amines) is 1. The highest BCUT2D eigenvalue weighted by Gasteiger charge is 2.45. The van der Waals surface area contributed by atoms with Gasteiger partial charge in [-0.2, -0.15) is 0 Å². The highest BCUT2D eigenvalue weighted by molar-refractivity contribution is 6.03. The Balaban J connectivity index is 1.36. The van der Waals surface area contributed by atoms with Gasteiger partial charge >= 0.3 is 0 Å². The zero-order valence-electron chi connectivity index (χ0n) is 19.5. The lowest BCUT2D eigenvalue weighted by Crippen LogP contribution is -2.53. The molecule has 1 amide bonds. The van der Waals surface area contributed by atoms with E-state index in [0.717, 1.165) is 12.8 Å². The van der Waals surface area contributed by atoms with Crippen LogP contribution in [0.3, 0.4) is 0 Å². The third kappa shape index (κ3) is 4.92.